The van der Waals surface area contributed by atoms with Gasteiger partial charge in [-0.1, -0.05) is 42.5 Å². The lowest BCUT2D eigenvalue weighted by atomic mass is 10.2. The summed E-state index contributed by atoms with van der Waals surface area (Å²) in [6, 6.07) is 19.2. The largest absolute Gasteiger partial charge is 0.383 e. The molecule has 29 heavy (non-hydrogen) atoms. The van der Waals surface area contributed by atoms with Crippen molar-refractivity contribution in [3.05, 3.63) is 66.4 Å². The molecule has 8 nitrogen and oxygen atoms in total. The molecule has 3 N–H and O–H groups in total. The minimum Gasteiger partial charge on any atom is -0.383 e. The Hall–Kier alpha value is -3.78. The van der Waals surface area contributed by atoms with E-state index in [1.165, 1.54) is 0 Å². The summed E-state index contributed by atoms with van der Waals surface area (Å²) >= 11 is 0. The van der Waals surface area contributed by atoms with Crippen molar-refractivity contribution in [3.8, 4) is 11.4 Å². The number of methoxy groups -OCH3 is 1. The van der Waals surface area contributed by atoms with Gasteiger partial charge in [-0.15, -0.1) is 0 Å². The van der Waals surface area contributed by atoms with Crippen molar-refractivity contribution in [1.29, 1.82) is 0 Å². The molecule has 0 spiro atoms. The number of nitrogens with one attached hydrogen (secondary N) is 3. The van der Waals surface area contributed by atoms with Gasteiger partial charge in [0.05, 0.1) is 12.1 Å². The number of nitrogens with zero attached hydrogens (tertiary/aromatic N) is 3. The van der Waals surface area contributed by atoms with E-state index >= 15 is 0 Å². The van der Waals surface area contributed by atoms with Crippen LogP contribution in [0.2, 0.25) is 0 Å². The summed E-state index contributed by atoms with van der Waals surface area (Å²) in [6.45, 7) is 0.869. The van der Waals surface area contributed by atoms with Gasteiger partial charge in [-0.3, -0.25) is 9.89 Å². The van der Waals surface area contributed by atoms with Crippen LogP contribution in [0.15, 0.2) is 60.7 Å². The normalized spacial score (nSPS) is 10.8. The fourth-order valence-corrected chi connectivity index (χ4v) is 2.87. The molecule has 0 unspecified atom stereocenters. The Kier molecular flexibility index (Phi) is 5.44. The number of H-pyrrole nitrogens is 1. The number of rotatable bonds is 7. The molecule has 2 heterocycles. The highest BCUT2D eigenvalue weighted by Gasteiger charge is 2.13. The molecular formula is C21H20N6O2. The second-order valence-corrected chi connectivity index (χ2v) is 6.32. The number of amides is 1. The van der Waals surface area contributed by atoms with Crippen molar-refractivity contribution in [3.63, 3.8) is 0 Å². The number of aromatic amines is 1. The van der Waals surface area contributed by atoms with Crippen molar-refractivity contribution in [2.75, 3.05) is 25.6 Å². The first kappa shape index (κ1) is 18.6. The van der Waals surface area contributed by atoms with E-state index < -0.39 is 0 Å². The Balaban J connectivity index is 1.63. The number of carbonyl (C=O) groups is 1. The maximum atomic E-state index is 12.1. The second kappa shape index (κ2) is 8.49. The third-order valence-corrected chi connectivity index (χ3v) is 4.30. The third kappa shape index (κ3) is 4.22. The molecule has 0 saturated heterocycles. The molecule has 0 saturated carbocycles. The van der Waals surface area contributed by atoms with Crippen molar-refractivity contribution < 1.29 is 9.53 Å². The predicted molar refractivity (Wildman–Crippen MR) is 111 cm³/mol. The molecule has 4 rings (SSSR count). The van der Waals surface area contributed by atoms with E-state index in [0.29, 0.717) is 36.3 Å². The van der Waals surface area contributed by atoms with Gasteiger partial charge in [-0.2, -0.15) is 5.10 Å². The van der Waals surface area contributed by atoms with Crippen LogP contribution < -0.4 is 10.6 Å². The number of hydrogen-bond donors (Lipinski definition) is 3. The average Bonchev–Trinajstić information content (AvgIpc) is 3.23. The molecule has 0 radical (unpaired) electrons. The van der Waals surface area contributed by atoms with Gasteiger partial charge in [-0.05, 0) is 12.1 Å². The number of para-hydroxylation sites is 1. The van der Waals surface area contributed by atoms with Gasteiger partial charge >= 0.3 is 0 Å². The highest BCUT2D eigenvalue weighted by Crippen LogP contribution is 2.26. The maximum absolute atomic E-state index is 12.1. The summed E-state index contributed by atoms with van der Waals surface area (Å²) in [6.07, 6.45) is 0. The minimum absolute atomic E-state index is 0.250. The molecule has 0 fully saturated rings. The summed E-state index contributed by atoms with van der Waals surface area (Å²) in [5.41, 5.74) is 2.09. The molecule has 1 amide bonds. The first-order valence-electron chi connectivity index (χ1n) is 9.16. The van der Waals surface area contributed by atoms with Crippen molar-refractivity contribution in [1.82, 2.24) is 25.5 Å². The van der Waals surface area contributed by atoms with Crippen LogP contribution in [0.3, 0.4) is 0 Å². The van der Waals surface area contributed by atoms with E-state index in [-0.39, 0.29) is 5.91 Å². The van der Waals surface area contributed by atoms with E-state index in [0.717, 1.165) is 16.5 Å². The van der Waals surface area contributed by atoms with E-state index in [1.54, 1.807) is 13.2 Å². The Morgan fingerprint density at radius 1 is 1.07 bits per heavy atom. The molecule has 0 aliphatic rings. The summed E-state index contributed by atoms with van der Waals surface area (Å²) in [5.74, 6) is 1.47. The van der Waals surface area contributed by atoms with Gasteiger partial charge in [0.25, 0.3) is 5.91 Å². The van der Waals surface area contributed by atoms with Crippen LogP contribution in [0.4, 0.5) is 11.6 Å². The van der Waals surface area contributed by atoms with Crippen molar-refractivity contribution in [2.24, 2.45) is 0 Å². The van der Waals surface area contributed by atoms with Crippen molar-refractivity contribution >= 4 is 28.4 Å². The molecule has 8 heteroatoms. The molecule has 0 aliphatic carbocycles. The Bertz CT molecular complexity index is 1130. The number of anilines is 2. The number of hydrogen-bond acceptors (Lipinski definition) is 6. The van der Waals surface area contributed by atoms with Crippen LogP contribution in [0.1, 0.15) is 10.5 Å². The molecule has 0 bridgehead atoms. The summed E-state index contributed by atoms with van der Waals surface area (Å²) in [4.78, 5) is 21.5. The predicted octanol–water partition coefficient (Wildman–Crippen LogP) is 3.14. The first-order valence-corrected chi connectivity index (χ1v) is 9.16. The highest BCUT2D eigenvalue weighted by atomic mass is 16.5. The maximum Gasteiger partial charge on any atom is 0.269 e. The summed E-state index contributed by atoms with van der Waals surface area (Å²) in [5, 5.41) is 13.7. The first-order chi connectivity index (χ1) is 14.2. The topological polar surface area (TPSA) is 105 Å². The minimum atomic E-state index is -0.250. The smallest absolute Gasteiger partial charge is 0.269 e. The van der Waals surface area contributed by atoms with Gasteiger partial charge < -0.3 is 15.4 Å². The number of carbonyl (C=O) groups excluding carboxylic acids is 1. The fraction of sp³-hybridized carbons (Fsp3) is 0.143. The van der Waals surface area contributed by atoms with Gasteiger partial charge in [0.2, 0.25) is 0 Å². The Morgan fingerprint density at radius 2 is 1.86 bits per heavy atom. The lowest BCUT2D eigenvalue weighted by molar-refractivity contribution is 0.0932. The lowest BCUT2D eigenvalue weighted by Gasteiger charge is -2.09. The number of fused-ring (bicyclic) bond motifs is 1. The van der Waals surface area contributed by atoms with E-state index in [1.807, 2.05) is 54.6 Å². The van der Waals surface area contributed by atoms with Crippen LogP contribution in [-0.2, 0) is 4.74 Å². The molecule has 2 aromatic heterocycles. The molecule has 4 aromatic rings. The number of ether oxygens (including phenoxy) is 1. The molecule has 0 atom stereocenters. The Morgan fingerprint density at radius 3 is 2.69 bits per heavy atom. The quantitative estimate of drug-likeness (QED) is 0.420. The van der Waals surface area contributed by atoms with Crippen LogP contribution in [0.25, 0.3) is 22.3 Å². The second-order valence-electron chi connectivity index (χ2n) is 6.32. The monoisotopic (exact) mass is 388 g/mol. The van der Waals surface area contributed by atoms with E-state index in [4.69, 9.17) is 4.74 Å². The van der Waals surface area contributed by atoms with Crippen LogP contribution in [0, 0.1) is 0 Å². The number of benzene rings is 2. The SMILES string of the molecule is COCCNC(=O)c1cc(Nc2nc(-c3ccccc3)nc3ccccc23)n[nH]1. The highest BCUT2D eigenvalue weighted by molar-refractivity contribution is 5.94. The zero-order valence-corrected chi connectivity index (χ0v) is 15.8. The summed E-state index contributed by atoms with van der Waals surface area (Å²) in [7, 11) is 1.58. The number of aromatic nitrogens is 4. The lowest BCUT2D eigenvalue weighted by Crippen LogP contribution is -2.27. The van der Waals surface area contributed by atoms with Crippen LogP contribution >= 0.6 is 0 Å². The van der Waals surface area contributed by atoms with Gasteiger partial charge in [0.1, 0.15) is 11.5 Å². The Labute approximate surface area is 167 Å². The summed E-state index contributed by atoms with van der Waals surface area (Å²) < 4.78 is 4.93. The average molecular weight is 388 g/mol. The zero-order valence-electron chi connectivity index (χ0n) is 15.8. The van der Waals surface area contributed by atoms with E-state index in [2.05, 4.69) is 30.8 Å². The van der Waals surface area contributed by atoms with Gasteiger partial charge in [0, 0.05) is 30.7 Å². The standard InChI is InChI=1S/C21H20N6O2/c1-29-12-11-22-21(28)17-13-18(27-26-17)24-20-15-9-5-6-10-16(15)23-19(25-20)14-7-3-2-4-8-14/h2-10,13H,11-12H2,1H3,(H,22,28)(H2,23,24,25,26,27). The molecule has 0 aliphatic heterocycles. The van der Waals surface area contributed by atoms with Gasteiger partial charge in [-0.25, -0.2) is 9.97 Å². The van der Waals surface area contributed by atoms with Crippen LogP contribution in [-0.4, -0.2) is 46.3 Å². The molecule has 2 aromatic carbocycles. The molecular weight excluding hydrogens is 368 g/mol. The van der Waals surface area contributed by atoms with Crippen molar-refractivity contribution in [2.45, 2.75) is 0 Å². The zero-order chi connectivity index (χ0) is 20.1. The molecule has 146 valence electrons. The third-order valence-electron chi connectivity index (χ3n) is 4.30. The fourth-order valence-electron chi connectivity index (χ4n) is 2.87. The van der Waals surface area contributed by atoms with Gasteiger partial charge in [0.15, 0.2) is 11.6 Å². The van der Waals surface area contributed by atoms with Crippen LogP contribution in [0.5, 0.6) is 0 Å². The van der Waals surface area contributed by atoms with E-state index in [9.17, 15) is 4.79 Å².